The van der Waals surface area contributed by atoms with Crippen LogP contribution < -0.4 is 4.90 Å². The second-order valence-corrected chi connectivity index (χ2v) is 18.4. The first-order valence-electron chi connectivity index (χ1n) is 22.7. The molecule has 0 aliphatic heterocycles. The standard InChI is InChI=1S/C63H45NO/c1-5-43-47-22-10-14-26-53(47)62(3,4)57(43)36-39(2)64(42-32-34-51-50-24-13-17-29-59(50)65-60(51)38-42)41-31-33-49-46-21-9-8-20-45(46)48-23-11-15-27-54(48)63(58(49)37-41)55-28-16-12-25-52(55)61-44-19-7-6-18-40(44)30-35-56(61)63/h5-38H,1H2,2-4H3/b39-36+. The summed E-state index contributed by atoms with van der Waals surface area (Å²) in [5, 5.41) is 4.75. The van der Waals surface area contributed by atoms with Gasteiger partial charge in [0.05, 0.1) is 5.41 Å². The first-order valence-corrected chi connectivity index (χ1v) is 22.7. The summed E-state index contributed by atoms with van der Waals surface area (Å²) in [6, 6.07) is 72.0. The lowest BCUT2D eigenvalue weighted by Crippen LogP contribution is -2.30. The Balaban J connectivity index is 1.13. The molecule has 3 aliphatic carbocycles. The Morgan fingerprint density at radius 3 is 1.82 bits per heavy atom. The monoisotopic (exact) mass is 831 g/mol. The van der Waals surface area contributed by atoms with Gasteiger partial charge in [-0.25, -0.2) is 0 Å². The molecule has 1 spiro atoms. The normalized spacial score (nSPS) is 16.5. The molecule has 1 unspecified atom stereocenters. The van der Waals surface area contributed by atoms with Crippen molar-refractivity contribution in [1.82, 2.24) is 0 Å². The van der Waals surface area contributed by atoms with Crippen molar-refractivity contribution >= 4 is 49.7 Å². The third-order valence-corrected chi connectivity index (χ3v) is 14.8. The molecule has 0 fully saturated rings. The van der Waals surface area contributed by atoms with Crippen LogP contribution in [-0.4, -0.2) is 0 Å². The molecular formula is C63H45NO. The van der Waals surface area contributed by atoms with Crippen LogP contribution in [0.5, 0.6) is 0 Å². The van der Waals surface area contributed by atoms with Crippen molar-refractivity contribution in [1.29, 1.82) is 0 Å². The number of benzene rings is 9. The van der Waals surface area contributed by atoms with E-state index in [2.05, 4.69) is 226 Å². The lowest BCUT2D eigenvalue weighted by atomic mass is 9.65. The highest BCUT2D eigenvalue weighted by molar-refractivity contribution is 6.08. The topological polar surface area (TPSA) is 16.4 Å². The molecule has 10 aromatic rings. The van der Waals surface area contributed by atoms with Crippen LogP contribution in [0.15, 0.2) is 229 Å². The summed E-state index contributed by atoms with van der Waals surface area (Å²) >= 11 is 0. The van der Waals surface area contributed by atoms with E-state index in [1.165, 1.54) is 88.7 Å². The predicted octanol–water partition coefficient (Wildman–Crippen LogP) is 16.7. The Morgan fingerprint density at radius 2 is 1.05 bits per heavy atom. The SMILES string of the molecule is C=CC1=C(/C=C(\C)N(c2ccc3c(c2)C2(c4ccccc4-c4ccccc4-3)c3ccccc3-c3c2ccc2ccccc32)c2ccc3c(c2)oc2ccccc23)C(C)(C)c2ccccc21. The van der Waals surface area contributed by atoms with Gasteiger partial charge < -0.3 is 9.32 Å². The van der Waals surface area contributed by atoms with E-state index in [0.717, 1.165) is 39.0 Å². The number of anilines is 2. The molecule has 9 aromatic carbocycles. The Hall–Kier alpha value is -7.94. The minimum Gasteiger partial charge on any atom is -0.456 e. The summed E-state index contributed by atoms with van der Waals surface area (Å²) in [5.41, 5.74) is 21.8. The molecule has 13 rings (SSSR count). The van der Waals surface area contributed by atoms with Gasteiger partial charge in [0.15, 0.2) is 0 Å². The van der Waals surface area contributed by atoms with Crippen molar-refractivity contribution in [2.75, 3.05) is 4.90 Å². The average molecular weight is 832 g/mol. The van der Waals surface area contributed by atoms with Gasteiger partial charge in [-0.15, -0.1) is 0 Å². The molecule has 0 radical (unpaired) electrons. The van der Waals surface area contributed by atoms with Crippen molar-refractivity contribution < 1.29 is 4.42 Å². The van der Waals surface area contributed by atoms with Gasteiger partial charge in [-0.2, -0.15) is 0 Å². The average Bonchev–Trinajstić information content (AvgIpc) is 3.92. The van der Waals surface area contributed by atoms with E-state index >= 15 is 0 Å². The second-order valence-electron chi connectivity index (χ2n) is 18.4. The molecule has 0 amide bonds. The summed E-state index contributed by atoms with van der Waals surface area (Å²) in [7, 11) is 0. The maximum absolute atomic E-state index is 6.61. The smallest absolute Gasteiger partial charge is 0.137 e. The van der Waals surface area contributed by atoms with E-state index in [0.29, 0.717) is 0 Å². The van der Waals surface area contributed by atoms with Crippen molar-refractivity contribution in [2.45, 2.75) is 31.6 Å². The fraction of sp³-hybridized carbons (Fsp3) is 0.0794. The summed E-state index contributed by atoms with van der Waals surface area (Å²) in [6.45, 7) is 11.3. The summed E-state index contributed by atoms with van der Waals surface area (Å²) in [6.07, 6.45) is 4.44. The predicted molar refractivity (Wildman–Crippen MR) is 272 cm³/mol. The van der Waals surface area contributed by atoms with E-state index in [1.807, 2.05) is 12.1 Å². The van der Waals surface area contributed by atoms with E-state index in [1.54, 1.807) is 0 Å². The number of hydrogen-bond donors (Lipinski definition) is 0. The first-order chi connectivity index (χ1) is 31.9. The van der Waals surface area contributed by atoms with E-state index in [9.17, 15) is 0 Å². The molecule has 0 saturated heterocycles. The van der Waals surface area contributed by atoms with Crippen LogP contribution >= 0.6 is 0 Å². The summed E-state index contributed by atoms with van der Waals surface area (Å²) in [5.74, 6) is 0. The Kier molecular flexibility index (Phi) is 7.97. The van der Waals surface area contributed by atoms with Gasteiger partial charge in [0.25, 0.3) is 0 Å². The van der Waals surface area contributed by atoms with Crippen molar-refractivity contribution in [3.63, 3.8) is 0 Å². The molecule has 1 aromatic heterocycles. The molecule has 308 valence electrons. The van der Waals surface area contributed by atoms with Crippen LogP contribution in [0.2, 0.25) is 0 Å². The zero-order valence-electron chi connectivity index (χ0n) is 36.7. The van der Waals surface area contributed by atoms with Gasteiger partial charge in [-0.1, -0.05) is 184 Å². The zero-order chi connectivity index (χ0) is 43.6. The van der Waals surface area contributed by atoms with Crippen LogP contribution in [0.25, 0.3) is 71.7 Å². The maximum atomic E-state index is 6.61. The number of hydrogen-bond acceptors (Lipinski definition) is 2. The van der Waals surface area contributed by atoms with Gasteiger partial charge >= 0.3 is 0 Å². The van der Waals surface area contributed by atoms with Crippen LogP contribution in [0, 0.1) is 0 Å². The van der Waals surface area contributed by atoms with Crippen LogP contribution in [-0.2, 0) is 10.8 Å². The highest BCUT2D eigenvalue weighted by Gasteiger charge is 2.50. The Morgan fingerprint density at radius 1 is 0.477 bits per heavy atom. The minimum atomic E-state index is -0.642. The number of furan rings is 1. The Labute approximate surface area is 379 Å². The van der Waals surface area contributed by atoms with Gasteiger partial charge in [0.2, 0.25) is 0 Å². The van der Waals surface area contributed by atoms with Crippen molar-refractivity contribution in [3.05, 3.63) is 258 Å². The second kappa shape index (κ2) is 13.8. The van der Waals surface area contributed by atoms with E-state index in [4.69, 9.17) is 4.42 Å². The first kappa shape index (κ1) is 37.6. The molecule has 0 N–H and O–H groups in total. The van der Waals surface area contributed by atoms with Crippen molar-refractivity contribution in [2.24, 2.45) is 0 Å². The Bertz CT molecular complexity index is 3740. The molecule has 2 heteroatoms. The third-order valence-electron chi connectivity index (χ3n) is 14.8. The van der Waals surface area contributed by atoms with Gasteiger partial charge in [0.1, 0.15) is 11.2 Å². The molecule has 3 aliphatic rings. The fourth-order valence-corrected chi connectivity index (χ4v) is 12.0. The van der Waals surface area contributed by atoms with Gasteiger partial charge in [-0.3, -0.25) is 0 Å². The molecule has 65 heavy (non-hydrogen) atoms. The van der Waals surface area contributed by atoms with Crippen LogP contribution in [0.3, 0.4) is 0 Å². The number of rotatable bonds is 5. The lowest BCUT2D eigenvalue weighted by Gasteiger charge is -2.36. The maximum Gasteiger partial charge on any atom is 0.137 e. The highest BCUT2D eigenvalue weighted by Crippen LogP contribution is 2.63. The number of allylic oxidation sites excluding steroid dienone is 5. The van der Waals surface area contributed by atoms with Crippen LogP contribution in [0.1, 0.15) is 54.2 Å². The molecular weight excluding hydrogens is 787 g/mol. The third kappa shape index (κ3) is 5.11. The molecule has 1 atom stereocenters. The quantitative estimate of drug-likeness (QED) is 0.172. The van der Waals surface area contributed by atoms with Gasteiger partial charge in [-0.05, 0) is 132 Å². The largest absolute Gasteiger partial charge is 0.456 e. The number of fused-ring (bicyclic) bond motifs is 18. The van der Waals surface area contributed by atoms with Gasteiger partial charge in [0, 0.05) is 39.3 Å². The summed E-state index contributed by atoms with van der Waals surface area (Å²) < 4.78 is 6.61. The molecule has 1 heterocycles. The number of nitrogens with zero attached hydrogens (tertiary/aromatic N) is 1. The fourth-order valence-electron chi connectivity index (χ4n) is 12.0. The van der Waals surface area contributed by atoms with E-state index in [-0.39, 0.29) is 5.41 Å². The minimum absolute atomic E-state index is 0.235. The van der Waals surface area contributed by atoms with Crippen LogP contribution in [0.4, 0.5) is 11.4 Å². The number of para-hydroxylation sites is 1. The molecule has 2 nitrogen and oxygen atoms in total. The molecule has 0 saturated carbocycles. The van der Waals surface area contributed by atoms with E-state index < -0.39 is 5.41 Å². The zero-order valence-corrected chi connectivity index (χ0v) is 36.7. The van der Waals surface area contributed by atoms with Crippen molar-refractivity contribution in [3.8, 4) is 33.4 Å². The summed E-state index contributed by atoms with van der Waals surface area (Å²) in [4.78, 5) is 2.44. The molecule has 0 bridgehead atoms. The highest BCUT2D eigenvalue weighted by atomic mass is 16.3. The lowest BCUT2D eigenvalue weighted by molar-refractivity contribution is 0.653.